The minimum Gasteiger partial charge on any atom is -0.356 e. The molecular formula is C25H37N. The first kappa shape index (κ1) is 20.6. The molecule has 1 N–H and O–H groups in total. The van der Waals surface area contributed by atoms with Gasteiger partial charge in [0.15, 0.2) is 0 Å². The van der Waals surface area contributed by atoms with Gasteiger partial charge in [0, 0.05) is 11.4 Å². The number of anilines is 2. The quantitative estimate of drug-likeness (QED) is 0.358. The molecule has 0 heterocycles. The topological polar surface area (TPSA) is 12.0 Å². The Labute approximate surface area is 161 Å². The number of hydrogen-bond acceptors (Lipinski definition) is 1. The fourth-order valence-electron chi connectivity index (χ4n) is 3.46. The third-order valence-corrected chi connectivity index (χ3v) is 5.08. The summed E-state index contributed by atoms with van der Waals surface area (Å²) in [4.78, 5) is 0. The van der Waals surface area contributed by atoms with Crippen molar-refractivity contribution in [1.82, 2.24) is 0 Å². The lowest BCUT2D eigenvalue weighted by Gasteiger charge is -2.08. The number of aryl methyl sites for hydroxylation is 2. The van der Waals surface area contributed by atoms with E-state index >= 15 is 0 Å². The molecule has 1 heteroatoms. The summed E-state index contributed by atoms with van der Waals surface area (Å²) in [6, 6.07) is 17.5. The van der Waals surface area contributed by atoms with Gasteiger partial charge in [-0.05, 0) is 55.2 Å². The van der Waals surface area contributed by atoms with Gasteiger partial charge in [-0.3, -0.25) is 0 Å². The lowest BCUT2D eigenvalue weighted by Crippen LogP contribution is -1.92. The summed E-state index contributed by atoms with van der Waals surface area (Å²) in [6.07, 6.45) is 15.2. The van der Waals surface area contributed by atoms with Gasteiger partial charge in [-0.2, -0.15) is 0 Å². The highest BCUT2D eigenvalue weighted by Gasteiger charge is 1.98. The Morgan fingerprint density at radius 2 is 1.27 bits per heavy atom. The molecule has 0 saturated carbocycles. The molecule has 0 aliphatic heterocycles. The highest BCUT2D eigenvalue weighted by Crippen LogP contribution is 2.19. The predicted molar refractivity (Wildman–Crippen MR) is 116 cm³/mol. The molecule has 2 aromatic carbocycles. The zero-order chi connectivity index (χ0) is 18.5. The van der Waals surface area contributed by atoms with Gasteiger partial charge in [0.05, 0.1) is 0 Å². The summed E-state index contributed by atoms with van der Waals surface area (Å²) in [5.41, 5.74) is 5.07. The molecule has 1 nitrogen and oxygen atoms in total. The van der Waals surface area contributed by atoms with Crippen molar-refractivity contribution in [1.29, 1.82) is 0 Å². The van der Waals surface area contributed by atoms with Gasteiger partial charge in [-0.25, -0.2) is 0 Å². The summed E-state index contributed by atoms with van der Waals surface area (Å²) in [5.74, 6) is 0. The van der Waals surface area contributed by atoms with Crippen LogP contribution in [0.3, 0.4) is 0 Å². The third-order valence-electron chi connectivity index (χ3n) is 5.08. The molecule has 0 unspecified atom stereocenters. The van der Waals surface area contributed by atoms with Crippen LogP contribution in [0.25, 0.3) is 0 Å². The Bertz CT molecular complexity index is 600. The van der Waals surface area contributed by atoms with Crippen LogP contribution in [0.1, 0.15) is 82.3 Å². The van der Waals surface area contributed by atoms with E-state index in [-0.39, 0.29) is 0 Å². The molecule has 26 heavy (non-hydrogen) atoms. The van der Waals surface area contributed by atoms with E-state index in [2.05, 4.69) is 67.7 Å². The van der Waals surface area contributed by atoms with Crippen LogP contribution in [0.5, 0.6) is 0 Å². The van der Waals surface area contributed by atoms with Crippen molar-refractivity contribution in [2.45, 2.75) is 84.5 Å². The summed E-state index contributed by atoms with van der Waals surface area (Å²) in [7, 11) is 0. The van der Waals surface area contributed by atoms with Crippen molar-refractivity contribution in [3.05, 3.63) is 59.7 Å². The molecule has 0 atom stereocenters. The van der Waals surface area contributed by atoms with Crippen molar-refractivity contribution in [3.8, 4) is 0 Å². The Morgan fingerprint density at radius 1 is 0.654 bits per heavy atom. The summed E-state index contributed by atoms with van der Waals surface area (Å²) >= 11 is 0. The fourth-order valence-corrected chi connectivity index (χ4v) is 3.46. The van der Waals surface area contributed by atoms with Crippen LogP contribution in [0.15, 0.2) is 48.5 Å². The summed E-state index contributed by atoms with van der Waals surface area (Å²) < 4.78 is 0. The molecule has 0 bridgehead atoms. The van der Waals surface area contributed by atoms with Crippen molar-refractivity contribution in [2.75, 3.05) is 5.32 Å². The second-order valence-corrected chi connectivity index (χ2v) is 7.62. The van der Waals surface area contributed by atoms with Gasteiger partial charge >= 0.3 is 0 Å². The Morgan fingerprint density at radius 3 is 1.88 bits per heavy atom. The van der Waals surface area contributed by atoms with E-state index in [4.69, 9.17) is 0 Å². The van der Waals surface area contributed by atoms with Crippen LogP contribution in [0, 0.1) is 6.92 Å². The van der Waals surface area contributed by atoms with E-state index in [1.807, 2.05) is 0 Å². The van der Waals surface area contributed by atoms with Crippen LogP contribution in [-0.2, 0) is 6.42 Å². The first-order valence-electron chi connectivity index (χ1n) is 10.7. The van der Waals surface area contributed by atoms with Gasteiger partial charge in [0.1, 0.15) is 0 Å². The molecule has 0 fully saturated rings. The van der Waals surface area contributed by atoms with Crippen LogP contribution in [-0.4, -0.2) is 0 Å². The van der Waals surface area contributed by atoms with Crippen LogP contribution < -0.4 is 5.32 Å². The summed E-state index contributed by atoms with van der Waals surface area (Å²) in [6.45, 7) is 4.41. The lowest BCUT2D eigenvalue weighted by atomic mass is 10.0. The molecule has 2 aromatic rings. The molecule has 0 aliphatic carbocycles. The van der Waals surface area contributed by atoms with E-state index < -0.39 is 0 Å². The minimum atomic E-state index is 1.16. The molecule has 0 amide bonds. The maximum Gasteiger partial charge on any atom is 0.0386 e. The predicted octanol–water partition coefficient (Wildman–Crippen LogP) is 8.20. The smallest absolute Gasteiger partial charge is 0.0386 e. The average molecular weight is 352 g/mol. The second kappa shape index (κ2) is 12.6. The van der Waals surface area contributed by atoms with Gasteiger partial charge in [-0.1, -0.05) is 89.0 Å². The van der Waals surface area contributed by atoms with Gasteiger partial charge in [0.2, 0.25) is 0 Å². The normalized spacial score (nSPS) is 10.8. The maximum absolute atomic E-state index is 3.48. The molecule has 2 rings (SSSR count). The number of unbranched alkanes of at least 4 members (excludes halogenated alkanes) is 9. The molecule has 0 aliphatic rings. The Balaban J connectivity index is 1.56. The highest BCUT2D eigenvalue weighted by atomic mass is 14.9. The molecule has 0 spiro atoms. The van der Waals surface area contributed by atoms with Gasteiger partial charge < -0.3 is 5.32 Å². The van der Waals surface area contributed by atoms with E-state index in [1.165, 1.54) is 87.4 Å². The molecule has 142 valence electrons. The standard InChI is InChI=1S/C25H37N/c1-3-4-5-6-7-8-9-10-11-12-15-23-17-19-24(20-18-23)26-25-16-13-14-22(2)21-25/h13-14,16-21,26H,3-12,15H2,1-2H3. The fraction of sp³-hybridized carbons (Fsp3) is 0.520. The minimum absolute atomic E-state index is 1.16. The lowest BCUT2D eigenvalue weighted by molar-refractivity contribution is 0.556. The van der Waals surface area contributed by atoms with E-state index in [0.29, 0.717) is 0 Å². The van der Waals surface area contributed by atoms with Gasteiger partial charge in [-0.15, -0.1) is 0 Å². The Hall–Kier alpha value is -1.76. The first-order chi connectivity index (χ1) is 12.8. The van der Waals surface area contributed by atoms with Crippen LogP contribution in [0.4, 0.5) is 11.4 Å². The summed E-state index contributed by atoms with van der Waals surface area (Å²) in [5, 5.41) is 3.48. The van der Waals surface area contributed by atoms with E-state index in [0.717, 1.165) is 5.69 Å². The molecule has 0 aromatic heterocycles. The van der Waals surface area contributed by atoms with Gasteiger partial charge in [0.25, 0.3) is 0 Å². The number of benzene rings is 2. The first-order valence-corrected chi connectivity index (χ1v) is 10.7. The molecule has 0 radical (unpaired) electrons. The monoisotopic (exact) mass is 351 g/mol. The zero-order valence-corrected chi connectivity index (χ0v) is 16.9. The second-order valence-electron chi connectivity index (χ2n) is 7.62. The molecule has 0 saturated heterocycles. The van der Waals surface area contributed by atoms with Crippen molar-refractivity contribution < 1.29 is 0 Å². The zero-order valence-electron chi connectivity index (χ0n) is 16.9. The average Bonchev–Trinajstić information content (AvgIpc) is 2.65. The van der Waals surface area contributed by atoms with E-state index in [1.54, 1.807) is 0 Å². The van der Waals surface area contributed by atoms with E-state index in [9.17, 15) is 0 Å². The van der Waals surface area contributed by atoms with Crippen LogP contribution >= 0.6 is 0 Å². The van der Waals surface area contributed by atoms with Crippen LogP contribution in [0.2, 0.25) is 0 Å². The van der Waals surface area contributed by atoms with Crippen molar-refractivity contribution >= 4 is 11.4 Å². The maximum atomic E-state index is 3.48. The number of rotatable bonds is 13. The SMILES string of the molecule is CCCCCCCCCCCCc1ccc(Nc2cccc(C)c2)cc1. The Kier molecular flexibility index (Phi) is 9.94. The third kappa shape index (κ3) is 8.56. The highest BCUT2D eigenvalue weighted by molar-refractivity contribution is 5.60. The van der Waals surface area contributed by atoms with Crippen molar-refractivity contribution in [2.24, 2.45) is 0 Å². The molecular weight excluding hydrogens is 314 g/mol. The number of nitrogens with one attached hydrogen (secondary N) is 1. The largest absolute Gasteiger partial charge is 0.356 e. The number of hydrogen-bond donors (Lipinski definition) is 1. The van der Waals surface area contributed by atoms with Crippen molar-refractivity contribution in [3.63, 3.8) is 0 Å².